The van der Waals surface area contributed by atoms with Gasteiger partial charge in [0.1, 0.15) is 0 Å². The van der Waals surface area contributed by atoms with Crippen molar-refractivity contribution in [2.45, 2.75) is 66.6 Å². The number of carboxylic acid groups (broad SMARTS) is 2. The maximum absolute atomic E-state index is 10.4. The normalized spacial score (nSPS) is 17.2. The van der Waals surface area contributed by atoms with Crippen LogP contribution in [0.15, 0.2) is 0 Å². The van der Waals surface area contributed by atoms with Crippen molar-refractivity contribution in [3.05, 3.63) is 0 Å². The monoisotopic (exact) mass is 310 g/mol. The summed E-state index contributed by atoms with van der Waals surface area (Å²) < 4.78 is 0. The smallest absolute Gasteiger partial charge is 0.335 e. The fraction of sp³-hybridized carbons (Fsp3) is 0.857. The van der Waals surface area contributed by atoms with Crippen LogP contribution in [0.5, 0.6) is 0 Å². The lowest BCUT2D eigenvalue weighted by Gasteiger charge is -2.32. The van der Waals surface area contributed by atoms with E-state index in [-0.39, 0.29) is 5.48 Å². The molecule has 2 atom stereocenters. The van der Waals surface area contributed by atoms with E-state index in [2.05, 4.69) is 0 Å². The Bertz CT molecular complexity index is 320. The first kappa shape index (κ1) is 24.8. The third-order valence-corrected chi connectivity index (χ3v) is 3.75. The predicted molar refractivity (Wildman–Crippen MR) is 79.0 cm³/mol. The maximum atomic E-state index is 10.4. The zero-order chi connectivity index (χ0) is 17.2. The molecule has 0 aromatic carbocycles. The first-order valence-corrected chi connectivity index (χ1v) is 6.30. The third kappa shape index (κ3) is 6.41. The molecule has 0 aliphatic heterocycles. The quantitative estimate of drug-likeness (QED) is 0.596. The molecule has 0 fully saturated rings. The van der Waals surface area contributed by atoms with Gasteiger partial charge >= 0.3 is 11.9 Å². The Balaban J connectivity index is -0.000000295. The molecular weight excluding hydrogens is 280 g/mol. The average molecular weight is 310 g/mol. The zero-order valence-corrected chi connectivity index (χ0v) is 14.1. The molecule has 0 bridgehead atoms. The Hall–Kier alpha value is -1.18. The van der Waals surface area contributed by atoms with Gasteiger partial charge in [-0.05, 0) is 13.8 Å². The average Bonchev–Trinajstić information content (AvgIpc) is 2.14. The Morgan fingerprint density at radius 1 is 0.619 bits per heavy atom. The molecule has 21 heavy (non-hydrogen) atoms. The summed E-state index contributed by atoms with van der Waals surface area (Å²) in [6.45, 7) is 12.7. The lowest BCUT2D eigenvalue weighted by molar-refractivity contribution is -0.168. The van der Waals surface area contributed by atoms with Gasteiger partial charge in [0.2, 0.25) is 0 Å². The Morgan fingerprint density at radius 3 is 0.762 bits per heavy atom. The molecule has 0 aliphatic carbocycles. The largest absolute Gasteiger partial charge is 0.479 e. The van der Waals surface area contributed by atoms with Crippen LogP contribution in [0.2, 0.25) is 0 Å². The summed E-state index contributed by atoms with van der Waals surface area (Å²) in [6.07, 6.45) is 0. The van der Waals surface area contributed by atoms with Crippen LogP contribution in [0.25, 0.3) is 0 Å². The molecule has 0 heterocycles. The molecule has 0 saturated carbocycles. The number of aliphatic carboxylic acids is 2. The van der Waals surface area contributed by atoms with Crippen LogP contribution in [0.1, 0.15) is 55.4 Å². The molecule has 0 spiro atoms. The predicted octanol–water partition coefficient (Wildman–Crippen LogP) is 0.911. The van der Waals surface area contributed by atoms with E-state index in [1.807, 2.05) is 0 Å². The van der Waals surface area contributed by atoms with Crippen molar-refractivity contribution in [1.82, 2.24) is 0 Å². The second kappa shape index (κ2) is 7.20. The van der Waals surface area contributed by atoms with Crippen molar-refractivity contribution in [2.75, 3.05) is 0 Å². The van der Waals surface area contributed by atoms with Gasteiger partial charge < -0.3 is 25.9 Å². The number of aliphatic hydroxyl groups is 2. The van der Waals surface area contributed by atoms with Crippen molar-refractivity contribution in [3.63, 3.8) is 0 Å². The van der Waals surface area contributed by atoms with Crippen LogP contribution >= 0.6 is 0 Å². The highest BCUT2D eigenvalue weighted by Gasteiger charge is 2.43. The number of hydrogen-bond acceptors (Lipinski definition) is 4. The lowest BCUT2D eigenvalue weighted by atomic mass is 9.78. The van der Waals surface area contributed by atoms with E-state index in [1.165, 1.54) is 13.8 Å². The van der Waals surface area contributed by atoms with Crippen LogP contribution in [0.4, 0.5) is 0 Å². The molecule has 0 rings (SSSR count). The number of rotatable bonds is 2. The summed E-state index contributed by atoms with van der Waals surface area (Å²) in [5.74, 6) is -2.36. The first-order valence-electron chi connectivity index (χ1n) is 6.30. The molecule has 128 valence electrons. The molecule has 0 saturated heterocycles. The molecule has 7 heteroatoms. The molecule has 6 N–H and O–H groups in total. The lowest BCUT2D eigenvalue weighted by Crippen LogP contribution is -2.47. The zero-order valence-electron chi connectivity index (χ0n) is 14.1. The van der Waals surface area contributed by atoms with Crippen LogP contribution in [-0.2, 0) is 9.59 Å². The summed E-state index contributed by atoms with van der Waals surface area (Å²) in [6, 6.07) is 0. The second-order valence-corrected chi connectivity index (χ2v) is 7.25. The molecule has 0 radical (unpaired) electrons. The van der Waals surface area contributed by atoms with E-state index in [0.717, 1.165) is 0 Å². The van der Waals surface area contributed by atoms with E-state index in [9.17, 15) is 19.8 Å². The van der Waals surface area contributed by atoms with Gasteiger partial charge in [0.05, 0.1) is 0 Å². The highest BCUT2D eigenvalue weighted by molar-refractivity contribution is 5.77. The summed E-state index contributed by atoms with van der Waals surface area (Å²) in [5.41, 5.74) is -4.54. The third-order valence-electron chi connectivity index (χ3n) is 3.75. The van der Waals surface area contributed by atoms with E-state index in [1.54, 1.807) is 41.5 Å². The van der Waals surface area contributed by atoms with Gasteiger partial charge in [-0.15, -0.1) is 0 Å². The maximum Gasteiger partial charge on any atom is 0.335 e. The van der Waals surface area contributed by atoms with Crippen LogP contribution in [-0.4, -0.2) is 49.0 Å². The van der Waals surface area contributed by atoms with E-state index >= 15 is 0 Å². The van der Waals surface area contributed by atoms with Crippen molar-refractivity contribution >= 4 is 11.9 Å². The molecule has 7 nitrogen and oxygen atoms in total. The molecule has 0 aromatic rings. The Labute approximate surface area is 125 Å². The summed E-state index contributed by atoms with van der Waals surface area (Å²) in [7, 11) is 0. The van der Waals surface area contributed by atoms with Gasteiger partial charge in [-0.2, -0.15) is 0 Å². The van der Waals surface area contributed by atoms with Gasteiger partial charge in [0.15, 0.2) is 11.2 Å². The fourth-order valence-corrected chi connectivity index (χ4v) is 0.642. The van der Waals surface area contributed by atoms with Crippen LogP contribution in [0.3, 0.4) is 0 Å². The number of carbonyl (C=O) groups is 2. The minimum Gasteiger partial charge on any atom is -0.479 e. The molecule has 0 unspecified atom stereocenters. The van der Waals surface area contributed by atoms with Crippen molar-refractivity contribution in [3.8, 4) is 0 Å². The molecule has 0 amide bonds. The van der Waals surface area contributed by atoms with Crippen molar-refractivity contribution < 1.29 is 35.5 Å². The summed E-state index contributed by atoms with van der Waals surface area (Å²) in [5, 5.41) is 35.7. The van der Waals surface area contributed by atoms with Gasteiger partial charge in [0, 0.05) is 10.8 Å². The highest BCUT2D eigenvalue weighted by atomic mass is 16.4. The van der Waals surface area contributed by atoms with Gasteiger partial charge in [-0.25, -0.2) is 9.59 Å². The van der Waals surface area contributed by atoms with Crippen molar-refractivity contribution in [2.24, 2.45) is 10.8 Å². The minimum atomic E-state index is -1.65. The Kier molecular flexibility index (Phi) is 8.50. The van der Waals surface area contributed by atoms with E-state index < -0.39 is 34.0 Å². The molecular formula is C14H30O7. The minimum absolute atomic E-state index is 0. The SMILES string of the molecule is CC(C)(C)[C@@](C)(O)C(=O)O.CC(C)(C)[C@@](C)(O)C(=O)O.O. The molecule has 0 aliphatic rings. The van der Waals surface area contributed by atoms with Gasteiger partial charge in [-0.3, -0.25) is 0 Å². The van der Waals surface area contributed by atoms with E-state index in [0.29, 0.717) is 0 Å². The number of hydrogen-bond donors (Lipinski definition) is 4. The first-order chi connectivity index (χ1) is 8.39. The van der Waals surface area contributed by atoms with Gasteiger partial charge in [0.25, 0.3) is 0 Å². The topological polar surface area (TPSA) is 147 Å². The van der Waals surface area contributed by atoms with Gasteiger partial charge in [-0.1, -0.05) is 41.5 Å². The summed E-state index contributed by atoms with van der Waals surface area (Å²) >= 11 is 0. The van der Waals surface area contributed by atoms with Crippen LogP contribution in [0, 0.1) is 10.8 Å². The van der Waals surface area contributed by atoms with Crippen LogP contribution < -0.4 is 0 Å². The van der Waals surface area contributed by atoms with E-state index in [4.69, 9.17) is 10.2 Å². The van der Waals surface area contributed by atoms with Crippen molar-refractivity contribution in [1.29, 1.82) is 0 Å². The molecule has 0 aromatic heterocycles. The number of carboxylic acids is 2. The standard InChI is InChI=1S/2C7H14O3.H2O/c2*1-6(2,3)7(4,10)5(8)9;/h2*10H,1-4H3,(H,8,9);1H2/t2*7-;/m00./s1. The second-order valence-electron chi connectivity index (χ2n) is 7.25. The fourth-order valence-electron chi connectivity index (χ4n) is 0.642. The Morgan fingerprint density at radius 2 is 0.762 bits per heavy atom. The summed E-state index contributed by atoms with van der Waals surface area (Å²) in [4.78, 5) is 20.8. The highest BCUT2D eigenvalue weighted by Crippen LogP contribution is 2.30.